The van der Waals surface area contributed by atoms with Crippen LogP contribution in [0.1, 0.15) is 19.4 Å². The number of hydrogen-bond donors (Lipinski definition) is 3. The molecule has 0 fully saturated rings. The molecule has 1 aromatic carbocycles. The summed E-state index contributed by atoms with van der Waals surface area (Å²) < 4.78 is 0. The van der Waals surface area contributed by atoms with Gasteiger partial charge in [0.1, 0.15) is 0 Å². The van der Waals surface area contributed by atoms with Crippen LogP contribution in [0.4, 0.5) is 5.69 Å². The van der Waals surface area contributed by atoms with Crippen molar-refractivity contribution in [3.8, 4) is 6.07 Å². The number of amides is 2. The highest BCUT2D eigenvalue weighted by atomic mass is 16.2. The van der Waals surface area contributed by atoms with Crippen molar-refractivity contribution in [2.45, 2.75) is 19.9 Å². The molecule has 0 aromatic heterocycles. The van der Waals surface area contributed by atoms with Gasteiger partial charge in [0.15, 0.2) is 0 Å². The second-order valence-electron chi connectivity index (χ2n) is 4.73. The highest BCUT2D eigenvalue weighted by Crippen LogP contribution is 2.09. The van der Waals surface area contributed by atoms with Gasteiger partial charge in [-0.3, -0.25) is 9.59 Å². The Morgan fingerprint density at radius 3 is 2.70 bits per heavy atom. The number of anilines is 1. The quantitative estimate of drug-likeness (QED) is 0.730. The molecule has 0 aliphatic carbocycles. The number of carbonyl (C=O) groups is 2. The van der Waals surface area contributed by atoms with E-state index in [-0.39, 0.29) is 24.3 Å². The summed E-state index contributed by atoms with van der Waals surface area (Å²) in [6.45, 7) is 3.51. The largest absolute Gasteiger partial charge is 0.346 e. The normalized spacial score (nSPS) is 11.6. The summed E-state index contributed by atoms with van der Waals surface area (Å²) in [6.07, 6.45) is 0. The minimum atomic E-state index is -0.635. The molecule has 0 saturated carbocycles. The first-order chi connectivity index (χ1) is 9.43. The molecule has 4 N–H and O–H groups in total. The summed E-state index contributed by atoms with van der Waals surface area (Å²) in [7, 11) is 0. The Labute approximate surface area is 118 Å². The van der Waals surface area contributed by atoms with Gasteiger partial charge in [-0.1, -0.05) is 19.9 Å². The van der Waals surface area contributed by atoms with Crippen LogP contribution in [0.15, 0.2) is 24.3 Å². The average Bonchev–Trinajstić information content (AvgIpc) is 2.43. The van der Waals surface area contributed by atoms with Gasteiger partial charge in [0, 0.05) is 5.69 Å². The van der Waals surface area contributed by atoms with Gasteiger partial charge in [-0.05, 0) is 24.1 Å². The number of carbonyl (C=O) groups excluding carboxylic acids is 2. The number of nitrogens with zero attached hydrogens (tertiary/aromatic N) is 1. The smallest absolute Gasteiger partial charge is 0.243 e. The predicted octanol–water partition coefficient (Wildman–Crippen LogP) is 0.596. The number of nitrogens with two attached hydrogens (primary N) is 1. The molecule has 1 aromatic rings. The molecule has 106 valence electrons. The van der Waals surface area contributed by atoms with E-state index in [9.17, 15) is 9.59 Å². The van der Waals surface area contributed by atoms with E-state index in [1.807, 2.05) is 19.9 Å². The van der Waals surface area contributed by atoms with Crippen LogP contribution in [0.5, 0.6) is 0 Å². The first-order valence-electron chi connectivity index (χ1n) is 6.27. The van der Waals surface area contributed by atoms with E-state index in [4.69, 9.17) is 11.0 Å². The summed E-state index contributed by atoms with van der Waals surface area (Å²) in [5.41, 5.74) is 6.62. The molecule has 0 aliphatic rings. The zero-order chi connectivity index (χ0) is 15.1. The van der Waals surface area contributed by atoms with Crippen molar-refractivity contribution in [2.75, 3.05) is 11.9 Å². The van der Waals surface area contributed by atoms with Crippen LogP contribution in [-0.2, 0) is 9.59 Å². The molecule has 0 heterocycles. The van der Waals surface area contributed by atoms with Gasteiger partial charge >= 0.3 is 0 Å². The Bertz CT molecular complexity index is 534. The van der Waals surface area contributed by atoms with E-state index in [0.717, 1.165) is 0 Å². The molecule has 0 saturated heterocycles. The number of hydrogen-bond acceptors (Lipinski definition) is 4. The molecular formula is C14H18N4O2. The second-order valence-corrected chi connectivity index (χ2v) is 4.73. The van der Waals surface area contributed by atoms with Crippen LogP contribution < -0.4 is 16.4 Å². The highest BCUT2D eigenvalue weighted by Gasteiger charge is 2.17. The van der Waals surface area contributed by atoms with Crippen LogP contribution in [-0.4, -0.2) is 24.4 Å². The molecule has 20 heavy (non-hydrogen) atoms. The van der Waals surface area contributed by atoms with Crippen LogP contribution in [0.25, 0.3) is 0 Å². The molecule has 2 amide bonds. The lowest BCUT2D eigenvalue weighted by atomic mass is 10.1. The van der Waals surface area contributed by atoms with Crippen molar-refractivity contribution >= 4 is 17.5 Å². The average molecular weight is 274 g/mol. The van der Waals surface area contributed by atoms with Crippen molar-refractivity contribution in [3.05, 3.63) is 29.8 Å². The monoisotopic (exact) mass is 274 g/mol. The van der Waals surface area contributed by atoms with Crippen molar-refractivity contribution in [1.82, 2.24) is 5.32 Å². The van der Waals surface area contributed by atoms with E-state index in [0.29, 0.717) is 11.3 Å². The fraction of sp³-hybridized carbons (Fsp3) is 0.357. The van der Waals surface area contributed by atoms with Gasteiger partial charge in [0.05, 0.1) is 24.2 Å². The van der Waals surface area contributed by atoms with E-state index < -0.39 is 6.04 Å². The lowest BCUT2D eigenvalue weighted by Gasteiger charge is -2.15. The van der Waals surface area contributed by atoms with E-state index in [1.165, 1.54) is 0 Å². The molecule has 0 spiro atoms. The summed E-state index contributed by atoms with van der Waals surface area (Å²) in [5.74, 6) is -0.726. The highest BCUT2D eigenvalue weighted by molar-refractivity contribution is 5.95. The SMILES string of the molecule is CC(C)[C@H](N)C(=O)NCC(=O)Nc1cccc(C#N)c1. The Balaban J connectivity index is 2.48. The third kappa shape index (κ3) is 4.71. The Morgan fingerprint density at radius 2 is 2.10 bits per heavy atom. The minimum Gasteiger partial charge on any atom is -0.346 e. The number of rotatable bonds is 5. The molecule has 6 heteroatoms. The van der Waals surface area contributed by atoms with E-state index >= 15 is 0 Å². The summed E-state index contributed by atoms with van der Waals surface area (Å²) in [5, 5.41) is 13.8. The summed E-state index contributed by atoms with van der Waals surface area (Å²) >= 11 is 0. The topological polar surface area (TPSA) is 108 Å². The third-order valence-corrected chi connectivity index (χ3v) is 2.72. The Kier molecular flexibility index (Phi) is 5.69. The van der Waals surface area contributed by atoms with Crippen molar-refractivity contribution in [2.24, 2.45) is 11.7 Å². The molecule has 1 rings (SSSR count). The Morgan fingerprint density at radius 1 is 1.40 bits per heavy atom. The minimum absolute atomic E-state index is 0.00497. The van der Waals surface area contributed by atoms with Gasteiger partial charge in [0.2, 0.25) is 11.8 Å². The zero-order valence-corrected chi connectivity index (χ0v) is 11.5. The number of nitriles is 1. The van der Waals surface area contributed by atoms with Crippen molar-refractivity contribution < 1.29 is 9.59 Å². The molecule has 6 nitrogen and oxygen atoms in total. The van der Waals surface area contributed by atoms with Crippen LogP contribution >= 0.6 is 0 Å². The fourth-order valence-corrected chi connectivity index (χ4v) is 1.46. The van der Waals surface area contributed by atoms with Gasteiger partial charge in [-0.25, -0.2) is 0 Å². The van der Waals surface area contributed by atoms with Gasteiger partial charge < -0.3 is 16.4 Å². The molecule has 1 atom stereocenters. The van der Waals surface area contributed by atoms with E-state index in [1.54, 1.807) is 24.3 Å². The lowest BCUT2D eigenvalue weighted by molar-refractivity contribution is -0.125. The number of nitrogens with one attached hydrogen (secondary N) is 2. The third-order valence-electron chi connectivity index (χ3n) is 2.72. The van der Waals surface area contributed by atoms with Crippen LogP contribution in [0.2, 0.25) is 0 Å². The summed E-state index contributed by atoms with van der Waals surface area (Å²) in [6, 6.07) is 7.87. The van der Waals surface area contributed by atoms with Crippen molar-refractivity contribution in [1.29, 1.82) is 5.26 Å². The van der Waals surface area contributed by atoms with Gasteiger partial charge in [-0.2, -0.15) is 5.26 Å². The maximum Gasteiger partial charge on any atom is 0.243 e. The molecule has 0 aliphatic heterocycles. The van der Waals surface area contributed by atoms with Crippen LogP contribution in [0.3, 0.4) is 0 Å². The zero-order valence-electron chi connectivity index (χ0n) is 11.5. The van der Waals surface area contributed by atoms with Crippen LogP contribution in [0, 0.1) is 17.2 Å². The van der Waals surface area contributed by atoms with E-state index in [2.05, 4.69) is 10.6 Å². The lowest BCUT2D eigenvalue weighted by Crippen LogP contribution is -2.46. The molecule has 0 unspecified atom stereocenters. The number of benzene rings is 1. The standard InChI is InChI=1S/C14H18N4O2/c1-9(2)13(16)14(20)17-8-12(19)18-11-5-3-4-10(6-11)7-15/h3-6,9,13H,8,16H2,1-2H3,(H,17,20)(H,18,19)/t13-/m0/s1. The van der Waals surface area contributed by atoms with Crippen molar-refractivity contribution in [3.63, 3.8) is 0 Å². The molecule has 0 bridgehead atoms. The van der Waals surface area contributed by atoms with Gasteiger partial charge in [0.25, 0.3) is 0 Å². The summed E-state index contributed by atoms with van der Waals surface area (Å²) in [4.78, 5) is 23.2. The maximum atomic E-state index is 11.7. The first-order valence-corrected chi connectivity index (χ1v) is 6.27. The predicted molar refractivity (Wildman–Crippen MR) is 75.6 cm³/mol. The van der Waals surface area contributed by atoms with Gasteiger partial charge in [-0.15, -0.1) is 0 Å². The molecule has 0 radical (unpaired) electrons. The Hall–Kier alpha value is -2.39. The molecular weight excluding hydrogens is 256 g/mol. The first kappa shape index (κ1) is 15.7. The fourth-order valence-electron chi connectivity index (χ4n) is 1.46. The second kappa shape index (κ2) is 7.26. The maximum absolute atomic E-state index is 11.7.